The fraction of sp³-hybridized carbons (Fsp3) is 0.200. The van der Waals surface area contributed by atoms with Crippen LogP contribution in [0.1, 0.15) is 5.69 Å². The molecular weight excluding hydrogens is 302 g/mol. The van der Waals surface area contributed by atoms with E-state index in [1.165, 1.54) is 0 Å². The zero-order valence-corrected chi connectivity index (χ0v) is 12.4. The van der Waals surface area contributed by atoms with Crippen LogP contribution in [0.2, 0.25) is 0 Å². The molecule has 0 saturated carbocycles. The van der Waals surface area contributed by atoms with Crippen molar-refractivity contribution >= 4 is 22.2 Å². The minimum absolute atomic E-state index is 0.203. The summed E-state index contributed by atoms with van der Waals surface area (Å²) in [7, 11) is 0. The third-order valence-electron chi connectivity index (χ3n) is 3.39. The normalized spacial score (nSPS) is 16.6. The van der Waals surface area contributed by atoms with Gasteiger partial charge in [-0.05, 0) is 12.1 Å². The summed E-state index contributed by atoms with van der Waals surface area (Å²) in [5.74, 6) is 1.06. The largest absolute Gasteiger partial charge is 0.485 e. The first-order chi connectivity index (χ1) is 10.8. The maximum Gasteiger partial charge on any atom is 0.265 e. The molecule has 1 unspecified atom stereocenters. The number of aromatic nitrogens is 2. The number of amides is 1. The van der Waals surface area contributed by atoms with Crippen LogP contribution in [0.5, 0.6) is 11.5 Å². The number of ether oxygens (including phenoxy) is 2. The summed E-state index contributed by atoms with van der Waals surface area (Å²) < 4.78 is 13.1. The predicted molar refractivity (Wildman–Crippen MR) is 81.3 cm³/mol. The number of fused-ring (bicyclic) bond motifs is 2. The van der Waals surface area contributed by atoms with E-state index in [2.05, 4.69) is 10.3 Å². The number of carbonyl (C=O) groups is 1. The highest BCUT2D eigenvalue weighted by Crippen LogP contribution is 2.30. The lowest BCUT2D eigenvalue weighted by molar-refractivity contribution is -0.130. The van der Waals surface area contributed by atoms with Crippen molar-refractivity contribution in [1.82, 2.24) is 14.7 Å². The molecule has 22 heavy (non-hydrogen) atoms. The number of nitrogens with zero attached hydrogens (tertiary/aromatic N) is 2. The molecule has 0 aliphatic carbocycles. The first-order valence-electron chi connectivity index (χ1n) is 6.87. The Morgan fingerprint density at radius 1 is 1.41 bits per heavy atom. The second kappa shape index (κ2) is 5.34. The van der Waals surface area contributed by atoms with E-state index in [-0.39, 0.29) is 12.5 Å². The Morgan fingerprint density at radius 3 is 3.14 bits per heavy atom. The van der Waals surface area contributed by atoms with Crippen molar-refractivity contribution in [3.63, 3.8) is 0 Å². The second-order valence-electron chi connectivity index (χ2n) is 4.91. The molecule has 1 aliphatic heterocycles. The van der Waals surface area contributed by atoms with Crippen LogP contribution in [0, 0.1) is 0 Å². The molecule has 0 radical (unpaired) electrons. The number of imidazole rings is 1. The molecule has 1 aliphatic rings. The molecule has 2 aromatic heterocycles. The molecule has 1 aromatic carbocycles. The van der Waals surface area contributed by atoms with Crippen LogP contribution in [0.25, 0.3) is 4.96 Å². The predicted octanol–water partition coefficient (Wildman–Crippen LogP) is 1.85. The Bertz CT molecular complexity index is 798. The van der Waals surface area contributed by atoms with Gasteiger partial charge in [-0.15, -0.1) is 11.3 Å². The lowest BCUT2D eigenvalue weighted by Crippen LogP contribution is -2.43. The summed E-state index contributed by atoms with van der Waals surface area (Å²) in [4.78, 5) is 17.5. The molecule has 1 N–H and O–H groups in total. The third kappa shape index (κ3) is 2.39. The standard InChI is InChI=1S/C15H13N3O3S/c19-14(13-9-20-11-3-1-2-4-12(11)21-13)16-7-10-8-18-5-6-22-15(18)17-10/h1-6,8,13H,7,9H2,(H,16,19). The van der Waals surface area contributed by atoms with Gasteiger partial charge < -0.3 is 14.8 Å². The summed E-state index contributed by atoms with van der Waals surface area (Å²) in [5.41, 5.74) is 0.817. The van der Waals surface area contributed by atoms with E-state index in [0.717, 1.165) is 10.7 Å². The molecule has 1 amide bonds. The molecular formula is C15H13N3O3S. The van der Waals surface area contributed by atoms with Crippen molar-refractivity contribution in [2.75, 3.05) is 6.61 Å². The average Bonchev–Trinajstić information content (AvgIpc) is 3.13. The van der Waals surface area contributed by atoms with Gasteiger partial charge in [0.2, 0.25) is 6.10 Å². The number of nitrogens with one attached hydrogen (secondary N) is 1. The molecule has 1 atom stereocenters. The van der Waals surface area contributed by atoms with Gasteiger partial charge in [-0.25, -0.2) is 4.98 Å². The quantitative estimate of drug-likeness (QED) is 0.801. The lowest BCUT2D eigenvalue weighted by atomic mass is 10.2. The molecule has 7 heteroatoms. The Balaban J connectivity index is 1.39. The summed E-state index contributed by atoms with van der Waals surface area (Å²) in [6.07, 6.45) is 3.20. The van der Waals surface area contributed by atoms with Crippen LogP contribution in [0.3, 0.4) is 0 Å². The Labute approximate surface area is 130 Å². The van der Waals surface area contributed by atoms with Gasteiger partial charge >= 0.3 is 0 Å². The highest BCUT2D eigenvalue weighted by atomic mass is 32.1. The number of para-hydroxylation sites is 2. The van der Waals surface area contributed by atoms with Crippen LogP contribution in [0.15, 0.2) is 42.0 Å². The fourth-order valence-electron chi connectivity index (χ4n) is 2.30. The number of rotatable bonds is 3. The van der Waals surface area contributed by atoms with Crippen LogP contribution >= 0.6 is 11.3 Å². The van der Waals surface area contributed by atoms with Crippen molar-refractivity contribution < 1.29 is 14.3 Å². The van der Waals surface area contributed by atoms with Gasteiger partial charge in [-0.1, -0.05) is 12.1 Å². The van der Waals surface area contributed by atoms with Gasteiger partial charge in [0.25, 0.3) is 5.91 Å². The highest BCUT2D eigenvalue weighted by molar-refractivity contribution is 7.15. The van der Waals surface area contributed by atoms with Crippen LogP contribution in [0.4, 0.5) is 0 Å². The Kier molecular flexibility index (Phi) is 3.19. The van der Waals surface area contributed by atoms with E-state index >= 15 is 0 Å². The molecule has 3 heterocycles. The Morgan fingerprint density at radius 2 is 2.27 bits per heavy atom. The monoisotopic (exact) mass is 315 g/mol. The molecule has 112 valence electrons. The minimum Gasteiger partial charge on any atom is -0.485 e. The van der Waals surface area contributed by atoms with Gasteiger partial charge in [0.05, 0.1) is 12.2 Å². The van der Waals surface area contributed by atoms with Crippen LogP contribution in [-0.4, -0.2) is 28.0 Å². The Hall–Kier alpha value is -2.54. The van der Waals surface area contributed by atoms with Gasteiger partial charge in [0.15, 0.2) is 16.5 Å². The summed E-state index contributed by atoms with van der Waals surface area (Å²) in [6, 6.07) is 7.33. The number of hydrogen-bond donors (Lipinski definition) is 1. The summed E-state index contributed by atoms with van der Waals surface area (Å²) >= 11 is 1.56. The summed E-state index contributed by atoms with van der Waals surface area (Å²) in [6.45, 7) is 0.579. The van der Waals surface area contributed by atoms with E-state index in [9.17, 15) is 4.79 Å². The first-order valence-corrected chi connectivity index (χ1v) is 7.75. The molecule has 0 spiro atoms. The number of carbonyl (C=O) groups excluding carboxylic acids is 1. The van der Waals surface area contributed by atoms with Gasteiger partial charge in [-0.3, -0.25) is 9.20 Å². The van der Waals surface area contributed by atoms with Crippen molar-refractivity contribution in [1.29, 1.82) is 0 Å². The van der Waals surface area contributed by atoms with E-state index in [4.69, 9.17) is 9.47 Å². The molecule has 0 fully saturated rings. The van der Waals surface area contributed by atoms with E-state index < -0.39 is 6.10 Å². The molecule has 0 saturated heterocycles. The average molecular weight is 315 g/mol. The number of thiazole rings is 1. The highest BCUT2D eigenvalue weighted by Gasteiger charge is 2.27. The third-order valence-corrected chi connectivity index (χ3v) is 4.16. The second-order valence-corrected chi connectivity index (χ2v) is 5.78. The molecule has 0 bridgehead atoms. The van der Waals surface area contributed by atoms with Gasteiger partial charge in [-0.2, -0.15) is 0 Å². The summed E-state index contributed by atoms with van der Waals surface area (Å²) in [5, 5.41) is 4.80. The fourth-order valence-corrected chi connectivity index (χ4v) is 3.02. The zero-order valence-electron chi connectivity index (χ0n) is 11.6. The smallest absolute Gasteiger partial charge is 0.265 e. The topological polar surface area (TPSA) is 64.9 Å². The van der Waals surface area contributed by atoms with Crippen molar-refractivity contribution in [2.24, 2.45) is 0 Å². The van der Waals surface area contributed by atoms with Crippen molar-refractivity contribution in [3.8, 4) is 11.5 Å². The zero-order chi connectivity index (χ0) is 14.9. The minimum atomic E-state index is -0.640. The van der Waals surface area contributed by atoms with E-state index in [1.807, 2.05) is 40.4 Å². The first kappa shape index (κ1) is 13.1. The van der Waals surface area contributed by atoms with Crippen LogP contribution < -0.4 is 14.8 Å². The van der Waals surface area contributed by atoms with Crippen molar-refractivity contribution in [3.05, 3.63) is 47.7 Å². The SMILES string of the molecule is O=C(NCc1cn2ccsc2n1)C1COc2ccccc2O1. The van der Waals surface area contributed by atoms with Crippen LogP contribution in [-0.2, 0) is 11.3 Å². The molecule has 3 aromatic rings. The maximum absolute atomic E-state index is 12.2. The number of hydrogen-bond acceptors (Lipinski definition) is 5. The van der Waals surface area contributed by atoms with Gasteiger partial charge in [0.1, 0.15) is 6.61 Å². The van der Waals surface area contributed by atoms with Crippen molar-refractivity contribution in [2.45, 2.75) is 12.6 Å². The van der Waals surface area contributed by atoms with E-state index in [0.29, 0.717) is 18.0 Å². The number of benzene rings is 1. The lowest BCUT2D eigenvalue weighted by Gasteiger charge is -2.25. The van der Waals surface area contributed by atoms with E-state index in [1.54, 1.807) is 17.4 Å². The molecule has 6 nitrogen and oxygen atoms in total. The van der Waals surface area contributed by atoms with Gasteiger partial charge in [0, 0.05) is 17.8 Å². The maximum atomic E-state index is 12.2. The molecule has 4 rings (SSSR count).